The largest absolute Gasteiger partial charge is 0.309 e. The van der Waals surface area contributed by atoms with Crippen molar-refractivity contribution in [2.24, 2.45) is 5.41 Å². The standard InChI is InChI=1S/C15H21BrN4O/c1-15-6-10(17-11(15)7-15)14(21)19-13-9(8-20(2)3)4-5-12(16)18-13/h4-5,10-11,17H,6-8H2,1-3H3,(H,18,19,21). The second kappa shape index (κ2) is 5.34. The van der Waals surface area contributed by atoms with Crippen LogP contribution in [0.25, 0.3) is 0 Å². The summed E-state index contributed by atoms with van der Waals surface area (Å²) in [6, 6.07) is 4.32. The van der Waals surface area contributed by atoms with Crippen molar-refractivity contribution in [2.75, 3.05) is 19.4 Å². The van der Waals surface area contributed by atoms with Gasteiger partial charge in [-0.3, -0.25) is 4.79 Å². The third kappa shape index (κ3) is 3.12. The summed E-state index contributed by atoms with van der Waals surface area (Å²) in [6.45, 7) is 2.99. The fraction of sp³-hybridized carbons (Fsp3) is 0.600. The first kappa shape index (κ1) is 14.9. The van der Waals surface area contributed by atoms with Crippen LogP contribution >= 0.6 is 15.9 Å². The highest BCUT2D eigenvalue weighted by Gasteiger charge is 2.58. The quantitative estimate of drug-likeness (QED) is 0.813. The van der Waals surface area contributed by atoms with E-state index in [-0.39, 0.29) is 11.9 Å². The second-order valence-corrected chi connectivity index (χ2v) is 7.52. The van der Waals surface area contributed by atoms with Crippen LogP contribution in [-0.4, -0.2) is 42.0 Å². The van der Waals surface area contributed by atoms with Crippen molar-refractivity contribution >= 4 is 27.7 Å². The maximum absolute atomic E-state index is 12.4. The van der Waals surface area contributed by atoms with Crippen molar-refractivity contribution in [3.63, 3.8) is 0 Å². The Balaban J connectivity index is 1.71. The van der Waals surface area contributed by atoms with E-state index < -0.39 is 0 Å². The maximum atomic E-state index is 12.4. The van der Waals surface area contributed by atoms with E-state index in [4.69, 9.17) is 0 Å². The minimum Gasteiger partial charge on any atom is -0.309 e. The van der Waals surface area contributed by atoms with Gasteiger partial charge < -0.3 is 15.5 Å². The zero-order valence-corrected chi connectivity index (χ0v) is 14.2. The monoisotopic (exact) mass is 352 g/mol. The summed E-state index contributed by atoms with van der Waals surface area (Å²) in [5.41, 5.74) is 1.35. The van der Waals surface area contributed by atoms with Crippen LogP contribution in [0, 0.1) is 5.41 Å². The number of hydrogen-bond acceptors (Lipinski definition) is 4. The fourth-order valence-electron chi connectivity index (χ4n) is 3.07. The van der Waals surface area contributed by atoms with Crippen molar-refractivity contribution in [3.05, 3.63) is 22.3 Å². The van der Waals surface area contributed by atoms with Crippen LogP contribution in [-0.2, 0) is 11.3 Å². The Morgan fingerprint density at radius 1 is 1.52 bits per heavy atom. The summed E-state index contributed by atoms with van der Waals surface area (Å²) < 4.78 is 0.731. The number of hydrogen-bond donors (Lipinski definition) is 2. The summed E-state index contributed by atoms with van der Waals surface area (Å²) in [6.07, 6.45) is 2.11. The highest BCUT2D eigenvalue weighted by Crippen LogP contribution is 2.53. The van der Waals surface area contributed by atoms with Gasteiger partial charge in [-0.05, 0) is 54.3 Å². The Bertz CT molecular complexity index is 577. The molecule has 2 aliphatic rings. The highest BCUT2D eigenvalue weighted by molar-refractivity contribution is 9.10. The molecule has 2 fully saturated rings. The van der Waals surface area contributed by atoms with E-state index in [1.54, 1.807) is 0 Å². The van der Waals surface area contributed by atoms with Gasteiger partial charge in [-0.2, -0.15) is 0 Å². The molecule has 0 aromatic carbocycles. The van der Waals surface area contributed by atoms with Gasteiger partial charge >= 0.3 is 0 Å². The molecular weight excluding hydrogens is 332 g/mol. The van der Waals surface area contributed by atoms with Crippen LogP contribution in [0.5, 0.6) is 0 Å². The minimum absolute atomic E-state index is 0.0223. The topological polar surface area (TPSA) is 57.3 Å². The van der Waals surface area contributed by atoms with E-state index in [0.29, 0.717) is 17.3 Å². The zero-order chi connectivity index (χ0) is 15.2. The number of carbonyl (C=O) groups is 1. The van der Waals surface area contributed by atoms with Crippen molar-refractivity contribution in [1.29, 1.82) is 0 Å². The number of nitrogens with zero attached hydrogens (tertiary/aromatic N) is 2. The number of fused-ring (bicyclic) bond motifs is 1. The van der Waals surface area contributed by atoms with Gasteiger partial charge in [-0.1, -0.05) is 13.0 Å². The molecule has 21 heavy (non-hydrogen) atoms. The van der Waals surface area contributed by atoms with E-state index in [1.165, 1.54) is 6.42 Å². The lowest BCUT2D eigenvalue weighted by Gasteiger charge is -2.17. The zero-order valence-electron chi connectivity index (χ0n) is 12.6. The van der Waals surface area contributed by atoms with E-state index in [9.17, 15) is 4.79 Å². The Labute approximate surface area is 133 Å². The Hall–Kier alpha value is -0.980. The molecule has 6 heteroatoms. The molecule has 3 atom stereocenters. The van der Waals surface area contributed by atoms with Gasteiger partial charge in [0, 0.05) is 18.2 Å². The molecule has 0 spiro atoms. The third-order valence-electron chi connectivity index (χ3n) is 4.41. The molecule has 1 saturated heterocycles. The van der Waals surface area contributed by atoms with Gasteiger partial charge in [-0.15, -0.1) is 0 Å². The lowest BCUT2D eigenvalue weighted by atomic mass is 10.0. The molecule has 1 aliphatic carbocycles. The molecule has 114 valence electrons. The van der Waals surface area contributed by atoms with Crippen LogP contribution in [0.4, 0.5) is 5.82 Å². The number of piperidine rings is 1. The van der Waals surface area contributed by atoms with Gasteiger partial charge in [0.2, 0.25) is 5.91 Å². The molecule has 1 aliphatic heterocycles. The number of amides is 1. The normalized spacial score (nSPS) is 30.3. The van der Waals surface area contributed by atoms with Gasteiger partial charge in [-0.25, -0.2) is 4.98 Å². The predicted octanol–water partition coefficient (Wildman–Crippen LogP) is 1.98. The first-order valence-electron chi connectivity index (χ1n) is 7.24. The number of nitrogens with one attached hydrogen (secondary N) is 2. The second-order valence-electron chi connectivity index (χ2n) is 6.70. The van der Waals surface area contributed by atoms with Crippen molar-refractivity contribution in [1.82, 2.24) is 15.2 Å². The summed E-state index contributed by atoms with van der Waals surface area (Å²) in [5, 5.41) is 6.39. The average molecular weight is 353 g/mol. The van der Waals surface area contributed by atoms with Crippen LogP contribution in [0.2, 0.25) is 0 Å². The number of carbonyl (C=O) groups excluding carboxylic acids is 1. The predicted molar refractivity (Wildman–Crippen MR) is 86.0 cm³/mol. The molecule has 1 amide bonds. The molecule has 3 unspecified atom stereocenters. The Morgan fingerprint density at radius 2 is 2.29 bits per heavy atom. The summed E-state index contributed by atoms with van der Waals surface area (Å²) in [5.74, 6) is 0.671. The summed E-state index contributed by atoms with van der Waals surface area (Å²) in [7, 11) is 4.00. The van der Waals surface area contributed by atoms with Crippen LogP contribution in [0.15, 0.2) is 16.7 Å². The number of aromatic nitrogens is 1. The van der Waals surface area contributed by atoms with Crippen molar-refractivity contribution in [3.8, 4) is 0 Å². The summed E-state index contributed by atoms with van der Waals surface area (Å²) in [4.78, 5) is 18.9. The number of halogens is 1. The Morgan fingerprint density at radius 3 is 2.90 bits per heavy atom. The third-order valence-corrected chi connectivity index (χ3v) is 4.86. The molecule has 3 rings (SSSR count). The fourth-order valence-corrected chi connectivity index (χ4v) is 3.38. The van der Waals surface area contributed by atoms with Crippen LogP contribution in [0.1, 0.15) is 25.3 Å². The average Bonchev–Trinajstić information content (AvgIpc) is 2.90. The Kier molecular flexibility index (Phi) is 3.80. The van der Waals surface area contributed by atoms with E-state index in [0.717, 1.165) is 23.1 Å². The van der Waals surface area contributed by atoms with Gasteiger partial charge in [0.15, 0.2) is 0 Å². The van der Waals surface area contributed by atoms with Gasteiger partial charge in [0.25, 0.3) is 0 Å². The molecule has 2 heterocycles. The van der Waals surface area contributed by atoms with Crippen LogP contribution in [0.3, 0.4) is 0 Å². The van der Waals surface area contributed by atoms with E-state index >= 15 is 0 Å². The molecule has 1 aromatic heterocycles. The molecule has 0 radical (unpaired) electrons. The number of rotatable bonds is 4. The molecule has 0 bridgehead atoms. The van der Waals surface area contributed by atoms with E-state index in [1.807, 2.05) is 26.2 Å². The highest BCUT2D eigenvalue weighted by atomic mass is 79.9. The molecule has 1 saturated carbocycles. The molecule has 1 aromatic rings. The summed E-state index contributed by atoms with van der Waals surface area (Å²) >= 11 is 3.37. The van der Waals surface area contributed by atoms with E-state index in [2.05, 4.69) is 43.4 Å². The smallest absolute Gasteiger partial charge is 0.242 e. The molecule has 2 N–H and O–H groups in total. The molecule has 5 nitrogen and oxygen atoms in total. The SMILES string of the molecule is CN(C)Cc1ccc(Br)nc1NC(=O)C1CC2(C)CC2N1. The van der Waals surface area contributed by atoms with Crippen molar-refractivity contribution in [2.45, 2.75) is 38.4 Å². The lowest BCUT2D eigenvalue weighted by Crippen LogP contribution is -2.38. The number of pyridine rings is 1. The van der Waals surface area contributed by atoms with Gasteiger partial charge in [0.05, 0.1) is 6.04 Å². The van der Waals surface area contributed by atoms with Crippen molar-refractivity contribution < 1.29 is 4.79 Å². The minimum atomic E-state index is -0.0956. The lowest BCUT2D eigenvalue weighted by molar-refractivity contribution is -0.118. The molecular formula is C15H21BrN4O. The first-order chi connectivity index (χ1) is 9.87. The number of anilines is 1. The first-order valence-corrected chi connectivity index (χ1v) is 8.04. The maximum Gasteiger partial charge on any atom is 0.242 e. The van der Waals surface area contributed by atoms with Crippen LogP contribution < -0.4 is 10.6 Å². The van der Waals surface area contributed by atoms with Gasteiger partial charge in [0.1, 0.15) is 10.4 Å².